The molecule has 1 aromatic heterocycles. The van der Waals surface area contributed by atoms with Crippen LogP contribution in [-0.4, -0.2) is 38.7 Å². The highest BCUT2D eigenvalue weighted by Crippen LogP contribution is 2.25. The zero-order valence-corrected chi connectivity index (χ0v) is 15.2. The van der Waals surface area contributed by atoms with Gasteiger partial charge in [0.05, 0.1) is 16.2 Å². The van der Waals surface area contributed by atoms with Gasteiger partial charge in [-0.15, -0.1) is 0 Å². The van der Waals surface area contributed by atoms with Crippen molar-refractivity contribution >= 4 is 28.6 Å². The SMILES string of the molecule is CC1CCN(C(=O)C(C)Sc2nc3ccccc3c(=O)n2C)CC1. The number of hydrogen-bond acceptors (Lipinski definition) is 4. The highest BCUT2D eigenvalue weighted by Gasteiger charge is 2.26. The minimum atomic E-state index is -0.252. The van der Waals surface area contributed by atoms with Gasteiger partial charge in [0.15, 0.2) is 5.16 Å². The number of piperidine rings is 1. The van der Waals surface area contributed by atoms with Crippen molar-refractivity contribution in [3.63, 3.8) is 0 Å². The largest absolute Gasteiger partial charge is 0.342 e. The number of aromatic nitrogens is 2. The normalized spacial score (nSPS) is 17.2. The van der Waals surface area contributed by atoms with Crippen molar-refractivity contribution in [2.75, 3.05) is 13.1 Å². The van der Waals surface area contributed by atoms with Gasteiger partial charge in [-0.2, -0.15) is 0 Å². The standard InChI is InChI=1S/C18H23N3O2S/c1-12-8-10-21(11-9-12)16(22)13(2)24-18-19-15-7-5-4-6-14(15)17(23)20(18)3/h4-7,12-13H,8-11H2,1-3H3. The first kappa shape index (κ1) is 17.0. The van der Waals surface area contributed by atoms with Gasteiger partial charge in [0.2, 0.25) is 5.91 Å². The minimum Gasteiger partial charge on any atom is -0.342 e. The van der Waals surface area contributed by atoms with Crippen molar-refractivity contribution < 1.29 is 4.79 Å². The zero-order valence-electron chi connectivity index (χ0n) is 14.4. The molecule has 1 unspecified atom stereocenters. The van der Waals surface area contributed by atoms with E-state index < -0.39 is 0 Å². The molecule has 0 bridgehead atoms. The number of fused-ring (bicyclic) bond motifs is 1. The van der Waals surface area contributed by atoms with Gasteiger partial charge in [-0.05, 0) is 37.8 Å². The quantitative estimate of drug-likeness (QED) is 0.634. The topological polar surface area (TPSA) is 55.2 Å². The van der Waals surface area contributed by atoms with Crippen LogP contribution in [0.25, 0.3) is 10.9 Å². The third-order valence-electron chi connectivity index (χ3n) is 4.67. The number of para-hydroxylation sites is 1. The molecule has 1 atom stereocenters. The number of amides is 1. The van der Waals surface area contributed by atoms with Crippen molar-refractivity contribution in [2.24, 2.45) is 13.0 Å². The molecule has 1 aromatic carbocycles. The van der Waals surface area contributed by atoms with Crippen LogP contribution in [-0.2, 0) is 11.8 Å². The molecule has 2 heterocycles. The Morgan fingerprint density at radius 1 is 1.29 bits per heavy atom. The average Bonchev–Trinajstić information content (AvgIpc) is 2.59. The van der Waals surface area contributed by atoms with Crippen LogP contribution in [0.3, 0.4) is 0 Å². The zero-order chi connectivity index (χ0) is 17.3. The number of nitrogens with zero attached hydrogens (tertiary/aromatic N) is 3. The lowest BCUT2D eigenvalue weighted by atomic mass is 9.99. The Labute approximate surface area is 146 Å². The molecule has 1 aliphatic rings. The van der Waals surface area contributed by atoms with Gasteiger partial charge < -0.3 is 4.90 Å². The van der Waals surface area contributed by atoms with E-state index in [0.29, 0.717) is 22.0 Å². The average molecular weight is 345 g/mol. The summed E-state index contributed by atoms with van der Waals surface area (Å²) in [7, 11) is 1.71. The third-order valence-corrected chi connectivity index (χ3v) is 5.80. The van der Waals surface area contributed by atoms with Gasteiger partial charge >= 0.3 is 0 Å². The van der Waals surface area contributed by atoms with E-state index in [1.807, 2.05) is 30.0 Å². The number of carbonyl (C=O) groups is 1. The summed E-state index contributed by atoms with van der Waals surface area (Å²) in [5, 5.41) is 0.941. The summed E-state index contributed by atoms with van der Waals surface area (Å²) >= 11 is 1.36. The van der Waals surface area contributed by atoms with Crippen molar-refractivity contribution in [3.8, 4) is 0 Å². The van der Waals surface area contributed by atoms with Gasteiger partial charge in [0.25, 0.3) is 5.56 Å². The molecule has 128 valence electrons. The number of carbonyl (C=O) groups excluding carboxylic acids is 1. The number of rotatable bonds is 3. The third kappa shape index (κ3) is 3.34. The molecule has 5 nitrogen and oxygen atoms in total. The predicted molar refractivity (Wildman–Crippen MR) is 97.3 cm³/mol. The Morgan fingerprint density at radius 3 is 2.67 bits per heavy atom. The molecule has 1 aliphatic heterocycles. The van der Waals surface area contributed by atoms with E-state index in [-0.39, 0.29) is 16.7 Å². The Balaban J connectivity index is 1.80. The van der Waals surface area contributed by atoms with Gasteiger partial charge in [0, 0.05) is 20.1 Å². The lowest BCUT2D eigenvalue weighted by molar-refractivity contribution is -0.131. The second-order valence-electron chi connectivity index (χ2n) is 6.54. The molecule has 1 saturated heterocycles. The lowest BCUT2D eigenvalue weighted by Crippen LogP contribution is -2.42. The van der Waals surface area contributed by atoms with Crippen LogP contribution < -0.4 is 5.56 Å². The molecule has 0 N–H and O–H groups in total. The fraction of sp³-hybridized carbons (Fsp3) is 0.500. The summed E-state index contributed by atoms with van der Waals surface area (Å²) in [6.07, 6.45) is 2.13. The first-order valence-electron chi connectivity index (χ1n) is 8.38. The van der Waals surface area contributed by atoms with E-state index in [1.165, 1.54) is 16.3 Å². The van der Waals surface area contributed by atoms with Crippen LogP contribution in [0.5, 0.6) is 0 Å². The first-order valence-corrected chi connectivity index (χ1v) is 9.26. The number of benzene rings is 1. The number of hydrogen-bond donors (Lipinski definition) is 0. The maximum atomic E-state index is 12.7. The van der Waals surface area contributed by atoms with Crippen molar-refractivity contribution in [1.82, 2.24) is 14.5 Å². The van der Waals surface area contributed by atoms with Gasteiger partial charge in [-0.3, -0.25) is 14.2 Å². The van der Waals surface area contributed by atoms with Crippen molar-refractivity contribution in [1.29, 1.82) is 0 Å². The van der Waals surface area contributed by atoms with Crippen LogP contribution in [0.15, 0.2) is 34.2 Å². The van der Waals surface area contributed by atoms with Gasteiger partial charge in [-0.25, -0.2) is 4.98 Å². The molecule has 1 amide bonds. The van der Waals surface area contributed by atoms with Crippen LogP contribution in [0, 0.1) is 5.92 Å². The Hall–Kier alpha value is -1.82. The van der Waals surface area contributed by atoms with Crippen molar-refractivity contribution in [3.05, 3.63) is 34.6 Å². The Kier molecular flexibility index (Phi) is 4.94. The van der Waals surface area contributed by atoms with Gasteiger partial charge in [0.1, 0.15) is 0 Å². The molecule has 6 heteroatoms. The number of likely N-dealkylation sites (tertiary alicyclic amines) is 1. The van der Waals surface area contributed by atoms with E-state index in [2.05, 4.69) is 11.9 Å². The molecular formula is C18H23N3O2S. The summed E-state index contributed by atoms with van der Waals surface area (Å²) in [6, 6.07) is 7.32. The van der Waals surface area contributed by atoms with Crippen LogP contribution >= 0.6 is 11.8 Å². The maximum absolute atomic E-state index is 12.7. The van der Waals surface area contributed by atoms with Gasteiger partial charge in [-0.1, -0.05) is 30.8 Å². The lowest BCUT2D eigenvalue weighted by Gasteiger charge is -2.32. The van der Waals surface area contributed by atoms with E-state index >= 15 is 0 Å². The molecule has 2 aromatic rings. The maximum Gasteiger partial charge on any atom is 0.261 e. The summed E-state index contributed by atoms with van der Waals surface area (Å²) in [5.74, 6) is 0.828. The minimum absolute atomic E-state index is 0.0745. The second kappa shape index (κ2) is 6.97. The summed E-state index contributed by atoms with van der Waals surface area (Å²) < 4.78 is 1.54. The number of thioether (sulfide) groups is 1. The highest BCUT2D eigenvalue weighted by atomic mass is 32.2. The van der Waals surface area contributed by atoms with E-state index in [0.717, 1.165) is 25.9 Å². The van der Waals surface area contributed by atoms with E-state index in [1.54, 1.807) is 13.1 Å². The summed E-state index contributed by atoms with van der Waals surface area (Å²) in [4.78, 5) is 31.6. The first-order chi connectivity index (χ1) is 11.5. The molecular weight excluding hydrogens is 322 g/mol. The highest BCUT2D eigenvalue weighted by molar-refractivity contribution is 8.00. The Morgan fingerprint density at radius 2 is 1.96 bits per heavy atom. The summed E-state index contributed by atoms with van der Waals surface area (Å²) in [5.41, 5.74) is 0.601. The monoisotopic (exact) mass is 345 g/mol. The van der Waals surface area contributed by atoms with Crippen LogP contribution in [0.2, 0.25) is 0 Å². The van der Waals surface area contributed by atoms with Crippen LogP contribution in [0.1, 0.15) is 26.7 Å². The van der Waals surface area contributed by atoms with Crippen LogP contribution in [0.4, 0.5) is 0 Å². The predicted octanol–water partition coefficient (Wildman–Crippen LogP) is 2.67. The fourth-order valence-corrected chi connectivity index (χ4v) is 3.96. The molecule has 24 heavy (non-hydrogen) atoms. The molecule has 3 rings (SSSR count). The van der Waals surface area contributed by atoms with Crippen molar-refractivity contribution in [2.45, 2.75) is 37.1 Å². The molecule has 0 aliphatic carbocycles. The molecule has 1 fully saturated rings. The summed E-state index contributed by atoms with van der Waals surface area (Å²) in [6.45, 7) is 5.78. The van der Waals surface area contributed by atoms with E-state index in [9.17, 15) is 9.59 Å². The van der Waals surface area contributed by atoms with E-state index in [4.69, 9.17) is 0 Å². The molecule has 0 saturated carbocycles. The smallest absolute Gasteiger partial charge is 0.261 e. The second-order valence-corrected chi connectivity index (χ2v) is 7.85. The Bertz CT molecular complexity index is 810. The fourth-order valence-electron chi connectivity index (χ4n) is 3.00. The molecule has 0 radical (unpaired) electrons. The molecule has 0 spiro atoms.